The number of halogens is 4. The molecule has 1 aromatic rings. The molecule has 0 atom stereocenters. The number of benzene rings is 1. The van der Waals surface area contributed by atoms with Gasteiger partial charge in [0.05, 0.1) is 11.1 Å². The van der Waals surface area contributed by atoms with Crippen LogP contribution in [0.2, 0.25) is 0 Å². The maximum Gasteiger partial charge on any atom is 0.417 e. The molecule has 1 aliphatic heterocycles. The number of carbonyl (C=O) groups is 2. The van der Waals surface area contributed by atoms with Crippen LogP contribution in [0.1, 0.15) is 49.5 Å². The van der Waals surface area contributed by atoms with E-state index in [-0.39, 0.29) is 16.1 Å². The highest BCUT2D eigenvalue weighted by Crippen LogP contribution is 2.36. The Morgan fingerprint density at radius 1 is 1.19 bits per heavy atom. The molecule has 0 saturated carbocycles. The van der Waals surface area contributed by atoms with Crippen LogP contribution in [-0.4, -0.2) is 41.6 Å². The van der Waals surface area contributed by atoms with Crippen LogP contribution in [0.25, 0.3) is 0 Å². The molecular weight excluding hydrogens is 429 g/mol. The molecule has 5 nitrogen and oxygen atoms in total. The van der Waals surface area contributed by atoms with Crippen molar-refractivity contribution in [2.24, 2.45) is 0 Å². The summed E-state index contributed by atoms with van der Waals surface area (Å²) in [6, 6.07) is 3.23. The van der Waals surface area contributed by atoms with Crippen molar-refractivity contribution in [3.8, 4) is 0 Å². The lowest BCUT2D eigenvalue weighted by molar-refractivity contribution is -0.138. The maximum absolute atomic E-state index is 13.0. The van der Waals surface area contributed by atoms with Crippen molar-refractivity contribution in [1.82, 2.24) is 10.2 Å². The summed E-state index contributed by atoms with van der Waals surface area (Å²) < 4.78 is 44.0. The molecule has 0 aliphatic carbocycles. The number of piperidine rings is 1. The Bertz CT molecular complexity index is 709. The molecule has 9 heteroatoms. The lowest BCUT2D eigenvalue weighted by Crippen LogP contribution is -2.47. The summed E-state index contributed by atoms with van der Waals surface area (Å²) in [6.45, 7) is 6.16. The Kier molecular flexibility index (Phi) is 6.44. The second kappa shape index (κ2) is 8.08. The fourth-order valence-corrected chi connectivity index (χ4v) is 3.39. The minimum atomic E-state index is -4.55. The Morgan fingerprint density at radius 3 is 2.30 bits per heavy atom. The van der Waals surface area contributed by atoms with Crippen molar-refractivity contribution in [1.29, 1.82) is 0 Å². The summed E-state index contributed by atoms with van der Waals surface area (Å²) in [5.41, 5.74) is -1.55. The molecule has 2 amide bonds. The average Bonchev–Trinajstić information content (AvgIpc) is 2.52. The third-order valence-corrected chi connectivity index (χ3v) is 4.88. The van der Waals surface area contributed by atoms with Crippen molar-refractivity contribution in [3.05, 3.63) is 33.8 Å². The standard InChI is InChI=1S/C18H22BrF3N2O3/c1-17(2,3)27-16(26)24-9-7-11(8-10-24)23-15(25)12-5-4-6-13(14(12)19)18(20,21)22/h4-6,11H,7-10H2,1-3H3,(H,23,25). The van der Waals surface area contributed by atoms with E-state index >= 15 is 0 Å². The fourth-order valence-electron chi connectivity index (χ4n) is 2.72. The van der Waals surface area contributed by atoms with Gasteiger partial charge >= 0.3 is 12.3 Å². The molecule has 1 aliphatic rings. The SMILES string of the molecule is CC(C)(C)OC(=O)N1CCC(NC(=O)c2cccc(C(F)(F)F)c2Br)CC1. The van der Waals surface area contributed by atoms with Crippen LogP contribution in [0, 0.1) is 0 Å². The molecule has 1 fully saturated rings. The molecule has 150 valence electrons. The van der Waals surface area contributed by atoms with Crippen LogP contribution in [0.4, 0.5) is 18.0 Å². The summed E-state index contributed by atoms with van der Waals surface area (Å²) in [6.07, 6.45) is -3.95. The van der Waals surface area contributed by atoms with Crippen LogP contribution in [-0.2, 0) is 10.9 Å². The van der Waals surface area contributed by atoms with Crippen molar-refractivity contribution >= 4 is 27.9 Å². The molecule has 0 radical (unpaired) electrons. The highest BCUT2D eigenvalue weighted by molar-refractivity contribution is 9.10. The summed E-state index contributed by atoms with van der Waals surface area (Å²) in [5, 5.41) is 2.75. The topological polar surface area (TPSA) is 58.6 Å². The molecule has 0 bridgehead atoms. The first-order valence-electron chi connectivity index (χ1n) is 8.53. The van der Waals surface area contributed by atoms with Gasteiger partial charge in [0.25, 0.3) is 5.91 Å². The number of hydrogen-bond donors (Lipinski definition) is 1. The number of nitrogens with one attached hydrogen (secondary N) is 1. The van der Waals surface area contributed by atoms with Gasteiger partial charge in [-0.2, -0.15) is 13.2 Å². The predicted octanol–water partition coefficient (Wildman–Crippen LogP) is 4.60. The van der Waals surface area contributed by atoms with Crippen molar-refractivity contribution in [3.63, 3.8) is 0 Å². The van der Waals surface area contributed by atoms with Crippen molar-refractivity contribution < 1.29 is 27.5 Å². The number of rotatable bonds is 2. The first-order valence-corrected chi connectivity index (χ1v) is 9.32. The first kappa shape index (κ1) is 21.5. The zero-order valence-corrected chi connectivity index (χ0v) is 16.9. The Labute approximate surface area is 164 Å². The average molecular weight is 451 g/mol. The quantitative estimate of drug-likeness (QED) is 0.716. The molecule has 1 aromatic carbocycles. The van der Waals surface area contributed by atoms with Gasteiger partial charge in [0.1, 0.15) is 5.60 Å². The molecule has 0 aromatic heterocycles. The van der Waals surface area contributed by atoms with E-state index in [1.165, 1.54) is 12.1 Å². The normalized spacial score (nSPS) is 16.2. The Morgan fingerprint density at radius 2 is 1.78 bits per heavy atom. The first-order chi connectivity index (χ1) is 12.4. The van der Waals surface area contributed by atoms with Crippen LogP contribution in [0.15, 0.2) is 22.7 Å². The number of carbonyl (C=O) groups excluding carboxylic acids is 2. The monoisotopic (exact) mass is 450 g/mol. The largest absolute Gasteiger partial charge is 0.444 e. The van der Waals surface area contributed by atoms with Gasteiger partial charge in [0.2, 0.25) is 0 Å². The number of hydrogen-bond acceptors (Lipinski definition) is 3. The van der Waals surface area contributed by atoms with Crippen LogP contribution in [0.5, 0.6) is 0 Å². The van der Waals surface area contributed by atoms with E-state index in [0.29, 0.717) is 25.9 Å². The van der Waals surface area contributed by atoms with Gasteiger partial charge in [0.15, 0.2) is 0 Å². The van der Waals surface area contributed by atoms with Crippen LogP contribution in [0.3, 0.4) is 0 Å². The molecule has 1 heterocycles. The second-order valence-electron chi connectivity index (χ2n) is 7.38. The molecule has 0 spiro atoms. The molecule has 1 N–H and O–H groups in total. The van der Waals surface area contributed by atoms with E-state index < -0.39 is 29.3 Å². The predicted molar refractivity (Wildman–Crippen MR) is 97.4 cm³/mol. The van der Waals surface area contributed by atoms with Gasteiger partial charge in [-0.25, -0.2) is 4.79 Å². The van der Waals surface area contributed by atoms with Crippen LogP contribution < -0.4 is 5.32 Å². The lowest BCUT2D eigenvalue weighted by Gasteiger charge is -2.33. The van der Waals surface area contributed by atoms with E-state index in [1.807, 2.05) is 0 Å². The smallest absolute Gasteiger partial charge is 0.417 e. The van der Waals surface area contributed by atoms with Gasteiger partial charge in [-0.15, -0.1) is 0 Å². The highest BCUT2D eigenvalue weighted by Gasteiger charge is 2.35. The third kappa shape index (κ3) is 5.85. The fraction of sp³-hybridized carbons (Fsp3) is 0.556. The van der Waals surface area contributed by atoms with E-state index in [4.69, 9.17) is 4.74 Å². The zero-order chi connectivity index (χ0) is 20.4. The highest BCUT2D eigenvalue weighted by atomic mass is 79.9. The maximum atomic E-state index is 13.0. The number of alkyl halides is 3. The number of ether oxygens (including phenoxy) is 1. The molecule has 1 saturated heterocycles. The number of nitrogens with zero attached hydrogens (tertiary/aromatic N) is 1. The number of likely N-dealkylation sites (tertiary alicyclic amines) is 1. The van der Waals surface area contributed by atoms with E-state index in [2.05, 4.69) is 21.2 Å². The molecular formula is C18H22BrF3N2O3. The Balaban J connectivity index is 1.96. The zero-order valence-electron chi connectivity index (χ0n) is 15.3. The van der Waals surface area contributed by atoms with Gasteiger partial charge in [-0.05, 0) is 61.7 Å². The molecule has 27 heavy (non-hydrogen) atoms. The van der Waals surface area contributed by atoms with Crippen molar-refractivity contribution in [2.45, 2.75) is 51.4 Å². The lowest BCUT2D eigenvalue weighted by atomic mass is 10.0. The Hall–Kier alpha value is -1.77. The summed E-state index contributed by atoms with van der Waals surface area (Å²) in [5.74, 6) is -0.580. The second-order valence-corrected chi connectivity index (χ2v) is 8.17. The summed E-state index contributed by atoms with van der Waals surface area (Å²) in [4.78, 5) is 26.0. The van der Waals surface area contributed by atoms with Crippen LogP contribution >= 0.6 is 15.9 Å². The van der Waals surface area contributed by atoms with E-state index in [1.54, 1.807) is 25.7 Å². The molecule has 2 rings (SSSR count). The van der Waals surface area contributed by atoms with Gasteiger partial charge in [0, 0.05) is 23.6 Å². The van der Waals surface area contributed by atoms with Crippen molar-refractivity contribution in [2.75, 3.05) is 13.1 Å². The van der Waals surface area contributed by atoms with Gasteiger partial charge in [-0.3, -0.25) is 4.79 Å². The summed E-state index contributed by atoms with van der Waals surface area (Å²) in [7, 11) is 0. The van der Waals surface area contributed by atoms with E-state index in [9.17, 15) is 22.8 Å². The third-order valence-electron chi connectivity index (χ3n) is 4.03. The summed E-state index contributed by atoms with van der Waals surface area (Å²) >= 11 is 2.89. The number of amides is 2. The minimum absolute atomic E-state index is 0.0700. The minimum Gasteiger partial charge on any atom is -0.444 e. The van der Waals surface area contributed by atoms with E-state index in [0.717, 1.165) is 6.07 Å². The van der Waals surface area contributed by atoms with Gasteiger partial charge in [-0.1, -0.05) is 6.07 Å². The molecule has 0 unspecified atom stereocenters. The van der Waals surface area contributed by atoms with Gasteiger partial charge < -0.3 is 15.0 Å².